The number of halogens is 1. The molecule has 1 aromatic heterocycles. The van der Waals surface area contributed by atoms with Crippen LogP contribution in [0, 0.1) is 12.7 Å². The van der Waals surface area contributed by atoms with Crippen LogP contribution < -0.4 is 15.4 Å². The summed E-state index contributed by atoms with van der Waals surface area (Å²) in [6, 6.07) is 12.6. The van der Waals surface area contributed by atoms with Gasteiger partial charge in [0.15, 0.2) is 0 Å². The Balaban J connectivity index is 1.71. The van der Waals surface area contributed by atoms with E-state index in [0.29, 0.717) is 5.69 Å². The third-order valence-corrected chi connectivity index (χ3v) is 5.57. The van der Waals surface area contributed by atoms with Crippen molar-refractivity contribution >= 4 is 33.2 Å². The highest BCUT2D eigenvalue weighted by atomic mass is 32.2. The minimum atomic E-state index is -4.06. The van der Waals surface area contributed by atoms with Crippen molar-refractivity contribution < 1.29 is 22.4 Å². The Morgan fingerprint density at radius 3 is 2.55 bits per heavy atom. The molecule has 3 rings (SSSR count). The highest BCUT2D eigenvalue weighted by Gasteiger charge is 2.19. The molecule has 31 heavy (non-hydrogen) atoms. The number of anilines is 2. The van der Waals surface area contributed by atoms with Crippen LogP contribution in [-0.2, 0) is 14.8 Å². The van der Waals surface area contributed by atoms with E-state index >= 15 is 0 Å². The molecular formula is C21H19FN4O4S. The smallest absolute Gasteiger partial charge is 0.261 e. The fraction of sp³-hybridized carbons (Fsp3) is 0.0952. The molecule has 3 N–H and O–H groups in total. The van der Waals surface area contributed by atoms with E-state index in [1.165, 1.54) is 31.3 Å². The molecule has 0 aliphatic rings. The van der Waals surface area contributed by atoms with Crippen LogP contribution in [0.5, 0.6) is 0 Å². The highest BCUT2D eigenvalue weighted by molar-refractivity contribution is 7.92. The Morgan fingerprint density at radius 2 is 1.84 bits per heavy atom. The second-order valence-corrected chi connectivity index (χ2v) is 8.22. The summed E-state index contributed by atoms with van der Waals surface area (Å²) in [6.07, 6.45) is 3.02. The van der Waals surface area contributed by atoms with Crippen molar-refractivity contribution in [3.05, 3.63) is 83.9 Å². The van der Waals surface area contributed by atoms with E-state index in [9.17, 15) is 22.4 Å². The Hall–Kier alpha value is -3.79. The Bertz CT molecular complexity index is 1220. The number of para-hydroxylation sites is 1. The number of amides is 2. The molecular weight excluding hydrogens is 423 g/mol. The van der Waals surface area contributed by atoms with Crippen LogP contribution in [-0.4, -0.2) is 31.8 Å². The number of sulfonamides is 1. The molecule has 2 amide bonds. The van der Waals surface area contributed by atoms with Crippen molar-refractivity contribution in [3.8, 4) is 0 Å². The predicted octanol–water partition coefficient (Wildman–Crippen LogP) is 2.70. The number of aromatic nitrogens is 1. The number of aryl methyl sites for hydroxylation is 1. The lowest BCUT2D eigenvalue weighted by molar-refractivity contribution is -0.115. The lowest BCUT2D eigenvalue weighted by Crippen LogP contribution is -2.33. The second-order valence-electron chi connectivity index (χ2n) is 6.53. The SMILES string of the molecule is Cc1cc(S(=O)(=O)Nc2ccccc2C(=O)NCC(=O)Nc2cccnc2)ccc1F. The number of hydrogen-bond acceptors (Lipinski definition) is 5. The van der Waals surface area contributed by atoms with Gasteiger partial charge in [0.05, 0.1) is 34.6 Å². The van der Waals surface area contributed by atoms with Gasteiger partial charge in [-0.2, -0.15) is 0 Å². The number of carbonyl (C=O) groups is 2. The largest absolute Gasteiger partial charge is 0.343 e. The molecule has 8 nitrogen and oxygen atoms in total. The molecule has 0 saturated heterocycles. The van der Waals surface area contributed by atoms with E-state index in [-0.39, 0.29) is 28.3 Å². The van der Waals surface area contributed by atoms with Gasteiger partial charge in [-0.15, -0.1) is 0 Å². The average molecular weight is 442 g/mol. The molecule has 0 fully saturated rings. The molecule has 0 saturated carbocycles. The van der Waals surface area contributed by atoms with Crippen LogP contribution >= 0.6 is 0 Å². The Morgan fingerprint density at radius 1 is 1.06 bits per heavy atom. The third kappa shape index (κ3) is 5.64. The van der Waals surface area contributed by atoms with E-state index < -0.39 is 27.7 Å². The number of hydrogen-bond donors (Lipinski definition) is 3. The number of carbonyl (C=O) groups excluding carboxylic acids is 2. The fourth-order valence-electron chi connectivity index (χ4n) is 2.66. The molecule has 0 spiro atoms. The maximum atomic E-state index is 13.5. The van der Waals surface area contributed by atoms with E-state index in [4.69, 9.17) is 0 Å². The monoisotopic (exact) mass is 442 g/mol. The lowest BCUT2D eigenvalue weighted by Gasteiger charge is -2.13. The van der Waals surface area contributed by atoms with Gasteiger partial charge < -0.3 is 10.6 Å². The van der Waals surface area contributed by atoms with Gasteiger partial charge >= 0.3 is 0 Å². The molecule has 0 unspecified atom stereocenters. The van der Waals surface area contributed by atoms with Gasteiger partial charge in [0.1, 0.15) is 5.82 Å². The second kappa shape index (κ2) is 9.35. The van der Waals surface area contributed by atoms with E-state index in [1.54, 1.807) is 30.5 Å². The van der Waals surface area contributed by atoms with Crippen LogP contribution in [0.2, 0.25) is 0 Å². The quantitative estimate of drug-likeness (QED) is 0.520. The summed E-state index contributed by atoms with van der Waals surface area (Å²) >= 11 is 0. The minimum Gasteiger partial charge on any atom is -0.343 e. The van der Waals surface area contributed by atoms with E-state index in [0.717, 1.165) is 12.1 Å². The molecule has 0 aliphatic heterocycles. The van der Waals surface area contributed by atoms with Crippen molar-refractivity contribution in [3.63, 3.8) is 0 Å². The zero-order valence-electron chi connectivity index (χ0n) is 16.4. The van der Waals surface area contributed by atoms with Crippen LogP contribution in [0.15, 0.2) is 71.9 Å². The van der Waals surface area contributed by atoms with Gasteiger partial charge in [-0.25, -0.2) is 12.8 Å². The van der Waals surface area contributed by atoms with Crippen molar-refractivity contribution in [1.29, 1.82) is 0 Å². The van der Waals surface area contributed by atoms with Crippen LogP contribution in [0.25, 0.3) is 0 Å². The zero-order valence-corrected chi connectivity index (χ0v) is 17.2. The van der Waals surface area contributed by atoms with Crippen molar-refractivity contribution in [2.24, 2.45) is 0 Å². The van der Waals surface area contributed by atoms with Gasteiger partial charge in [-0.3, -0.25) is 19.3 Å². The number of rotatable bonds is 7. The molecule has 1 heterocycles. The van der Waals surface area contributed by atoms with Crippen LogP contribution in [0.1, 0.15) is 15.9 Å². The van der Waals surface area contributed by atoms with Crippen molar-refractivity contribution in [2.75, 3.05) is 16.6 Å². The van der Waals surface area contributed by atoms with E-state index in [2.05, 4.69) is 20.3 Å². The molecule has 160 valence electrons. The Labute approximate surface area is 178 Å². The normalized spacial score (nSPS) is 10.9. The zero-order chi connectivity index (χ0) is 22.4. The van der Waals surface area contributed by atoms with Crippen LogP contribution in [0.4, 0.5) is 15.8 Å². The van der Waals surface area contributed by atoms with Crippen molar-refractivity contribution in [2.45, 2.75) is 11.8 Å². The summed E-state index contributed by atoms with van der Waals surface area (Å²) in [5.41, 5.74) is 0.701. The van der Waals surface area contributed by atoms with Crippen molar-refractivity contribution in [1.82, 2.24) is 10.3 Å². The van der Waals surface area contributed by atoms with Crippen LogP contribution in [0.3, 0.4) is 0 Å². The van der Waals surface area contributed by atoms with Gasteiger partial charge in [0.25, 0.3) is 15.9 Å². The number of nitrogens with one attached hydrogen (secondary N) is 3. The summed E-state index contributed by atoms with van der Waals surface area (Å²) in [4.78, 5) is 28.3. The fourth-order valence-corrected chi connectivity index (χ4v) is 3.82. The third-order valence-electron chi connectivity index (χ3n) is 4.21. The molecule has 0 radical (unpaired) electrons. The first-order valence-electron chi connectivity index (χ1n) is 9.12. The van der Waals surface area contributed by atoms with E-state index in [1.807, 2.05) is 0 Å². The van der Waals surface area contributed by atoms with Gasteiger partial charge in [0, 0.05) is 6.20 Å². The topological polar surface area (TPSA) is 117 Å². The Kier molecular flexibility index (Phi) is 6.61. The highest BCUT2D eigenvalue weighted by Crippen LogP contribution is 2.21. The summed E-state index contributed by atoms with van der Waals surface area (Å²) in [5.74, 6) is -1.64. The first-order chi connectivity index (χ1) is 14.8. The minimum absolute atomic E-state index is 0.0228. The predicted molar refractivity (Wildman–Crippen MR) is 114 cm³/mol. The lowest BCUT2D eigenvalue weighted by atomic mass is 10.1. The molecule has 0 aliphatic carbocycles. The molecule has 0 bridgehead atoms. The molecule has 10 heteroatoms. The number of pyridine rings is 1. The first-order valence-corrected chi connectivity index (χ1v) is 10.6. The maximum absolute atomic E-state index is 13.5. The van der Waals surface area contributed by atoms with Gasteiger partial charge in [-0.05, 0) is 55.0 Å². The number of benzene rings is 2. The maximum Gasteiger partial charge on any atom is 0.261 e. The summed E-state index contributed by atoms with van der Waals surface area (Å²) in [7, 11) is -4.06. The average Bonchev–Trinajstić information content (AvgIpc) is 2.74. The molecule has 2 aromatic carbocycles. The summed E-state index contributed by atoms with van der Waals surface area (Å²) < 4.78 is 41.2. The standard InChI is InChI=1S/C21H19FN4O4S/c1-14-11-16(8-9-18(14)22)31(29,30)26-19-7-3-2-6-17(19)21(28)24-13-20(27)25-15-5-4-10-23-12-15/h2-12,26H,13H2,1H3,(H,24,28)(H,25,27). The number of nitrogens with zero attached hydrogens (tertiary/aromatic N) is 1. The first kappa shape index (κ1) is 21.9. The summed E-state index contributed by atoms with van der Waals surface area (Å²) in [6.45, 7) is 1.12. The summed E-state index contributed by atoms with van der Waals surface area (Å²) in [5, 5.41) is 5.02. The van der Waals surface area contributed by atoms with Gasteiger partial charge in [0.2, 0.25) is 5.91 Å². The molecule has 0 atom stereocenters. The van der Waals surface area contributed by atoms with Gasteiger partial charge in [-0.1, -0.05) is 12.1 Å². The molecule has 3 aromatic rings.